The summed E-state index contributed by atoms with van der Waals surface area (Å²) >= 11 is 6.89. The molecule has 1 heterocycles. The first-order chi connectivity index (χ1) is 14.8. The van der Waals surface area contributed by atoms with Crippen LogP contribution in [0.3, 0.4) is 0 Å². The van der Waals surface area contributed by atoms with Crippen LogP contribution in [0.15, 0.2) is 11.1 Å². The predicted octanol–water partition coefficient (Wildman–Crippen LogP) is 4.35. The molecular weight excluding hydrogens is 449 g/mol. The Balaban J connectivity index is 2.53. The molecule has 1 aliphatic carbocycles. The van der Waals surface area contributed by atoms with E-state index in [1.54, 1.807) is 13.8 Å². The van der Waals surface area contributed by atoms with Crippen molar-refractivity contribution >= 4 is 52.4 Å². The standard InChI is InChI=1S/C21H25ClFNO6S/c1-4-15(25)24(18-17(22)14(31-19(18)23)11-16(26)29-5-2)20(27)12-9-7-8-10-13(12)21(28)30-6-3/h4-11H2,1-3H3. The number of rotatable bonds is 8. The molecule has 0 fully saturated rings. The van der Waals surface area contributed by atoms with Gasteiger partial charge in [0.15, 0.2) is 0 Å². The first-order valence-corrected chi connectivity index (χ1v) is 11.3. The second kappa shape index (κ2) is 11.4. The summed E-state index contributed by atoms with van der Waals surface area (Å²) in [6.45, 7) is 5.12. The van der Waals surface area contributed by atoms with Crippen molar-refractivity contribution in [2.24, 2.45) is 0 Å². The minimum atomic E-state index is -0.867. The van der Waals surface area contributed by atoms with Crippen LogP contribution in [0.1, 0.15) is 57.8 Å². The zero-order valence-corrected chi connectivity index (χ0v) is 19.3. The highest BCUT2D eigenvalue weighted by Gasteiger charge is 2.35. The first kappa shape index (κ1) is 25.0. The Bertz CT molecular complexity index is 910. The molecule has 2 amide bonds. The molecule has 170 valence electrons. The summed E-state index contributed by atoms with van der Waals surface area (Å²) in [6, 6.07) is 0. The molecule has 1 aromatic rings. The van der Waals surface area contributed by atoms with Gasteiger partial charge < -0.3 is 9.47 Å². The number of carbonyl (C=O) groups is 4. The van der Waals surface area contributed by atoms with Gasteiger partial charge in [-0.05, 0) is 39.5 Å². The van der Waals surface area contributed by atoms with Crippen molar-refractivity contribution in [1.82, 2.24) is 0 Å². The number of amides is 2. The van der Waals surface area contributed by atoms with Gasteiger partial charge in [0.05, 0.1) is 24.7 Å². The quantitative estimate of drug-likeness (QED) is 0.521. The van der Waals surface area contributed by atoms with E-state index in [-0.39, 0.29) is 53.5 Å². The van der Waals surface area contributed by atoms with Crippen LogP contribution in [0, 0.1) is 5.13 Å². The lowest BCUT2D eigenvalue weighted by Gasteiger charge is -2.25. The van der Waals surface area contributed by atoms with Gasteiger partial charge in [-0.25, -0.2) is 9.69 Å². The summed E-state index contributed by atoms with van der Waals surface area (Å²) in [4.78, 5) is 51.1. The summed E-state index contributed by atoms with van der Waals surface area (Å²) in [7, 11) is 0. The summed E-state index contributed by atoms with van der Waals surface area (Å²) in [5.41, 5.74) is -0.0743. The third-order valence-corrected chi connectivity index (χ3v) is 6.17. The maximum absolute atomic E-state index is 14.9. The molecule has 10 heteroatoms. The molecule has 0 aromatic carbocycles. The molecular formula is C21H25ClFNO6S. The van der Waals surface area contributed by atoms with Crippen LogP contribution in [0.5, 0.6) is 0 Å². The number of nitrogens with zero attached hydrogens (tertiary/aromatic N) is 1. The fourth-order valence-corrected chi connectivity index (χ4v) is 4.57. The van der Waals surface area contributed by atoms with Crippen LogP contribution < -0.4 is 4.90 Å². The highest BCUT2D eigenvalue weighted by Crippen LogP contribution is 2.41. The van der Waals surface area contributed by atoms with E-state index in [1.165, 1.54) is 6.92 Å². The third kappa shape index (κ3) is 5.71. The Morgan fingerprint density at radius 1 is 1.03 bits per heavy atom. The van der Waals surface area contributed by atoms with Gasteiger partial charge in [0.25, 0.3) is 5.91 Å². The molecule has 0 aliphatic heterocycles. The van der Waals surface area contributed by atoms with E-state index in [9.17, 15) is 23.6 Å². The Kier molecular flexibility index (Phi) is 9.18. The average Bonchev–Trinajstić information content (AvgIpc) is 3.01. The number of anilines is 1. The second-order valence-electron chi connectivity index (χ2n) is 6.72. The maximum Gasteiger partial charge on any atom is 0.334 e. The summed E-state index contributed by atoms with van der Waals surface area (Å²) in [6.07, 6.45) is 1.57. The lowest BCUT2D eigenvalue weighted by molar-refractivity contribution is -0.142. The SMILES string of the molecule is CCOC(=O)Cc1sc(F)c(N(C(=O)CC)C(=O)C2=C(C(=O)OCC)CCCC2)c1Cl. The lowest BCUT2D eigenvalue weighted by atomic mass is 9.90. The molecule has 0 spiro atoms. The molecule has 1 aliphatic rings. The molecule has 7 nitrogen and oxygen atoms in total. The molecule has 0 saturated heterocycles. The number of hydrogen-bond donors (Lipinski definition) is 0. The summed E-state index contributed by atoms with van der Waals surface area (Å²) < 4.78 is 24.8. The molecule has 0 atom stereocenters. The van der Waals surface area contributed by atoms with Gasteiger partial charge in [-0.2, -0.15) is 4.39 Å². The van der Waals surface area contributed by atoms with Crippen molar-refractivity contribution in [1.29, 1.82) is 0 Å². The van der Waals surface area contributed by atoms with Crippen molar-refractivity contribution in [3.8, 4) is 0 Å². The average molecular weight is 474 g/mol. The molecule has 31 heavy (non-hydrogen) atoms. The zero-order valence-electron chi connectivity index (χ0n) is 17.7. The molecule has 2 rings (SSSR count). The van der Waals surface area contributed by atoms with Gasteiger partial charge in [0.1, 0.15) is 5.69 Å². The Morgan fingerprint density at radius 2 is 1.65 bits per heavy atom. The molecule has 0 radical (unpaired) electrons. The zero-order chi connectivity index (χ0) is 23.1. The molecule has 0 unspecified atom stereocenters. The summed E-state index contributed by atoms with van der Waals surface area (Å²) in [5.74, 6) is -2.69. The van der Waals surface area contributed by atoms with Gasteiger partial charge in [-0.3, -0.25) is 14.4 Å². The molecule has 0 saturated carbocycles. The van der Waals surface area contributed by atoms with Gasteiger partial charge >= 0.3 is 11.9 Å². The number of ether oxygens (including phenoxy) is 2. The Morgan fingerprint density at radius 3 is 2.23 bits per heavy atom. The number of imide groups is 1. The highest BCUT2D eigenvalue weighted by molar-refractivity contribution is 7.11. The number of thiophene rings is 1. The summed E-state index contributed by atoms with van der Waals surface area (Å²) in [5, 5.41) is -1.06. The van der Waals surface area contributed by atoms with Gasteiger partial charge in [-0.1, -0.05) is 18.5 Å². The molecule has 0 bridgehead atoms. The third-order valence-electron chi connectivity index (χ3n) is 4.69. The van der Waals surface area contributed by atoms with E-state index >= 15 is 0 Å². The van der Waals surface area contributed by atoms with Crippen LogP contribution in [0.25, 0.3) is 0 Å². The first-order valence-electron chi connectivity index (χ1n) is 10.1. The monoisotopic (exact) mass is 473 g/mol. The van der Waals surface area contributed by atoms with Crippen molar-refractivity contribution in [3.05, 3.63) is 26.2 Å². The Labute approximate surface area is 189 Å². The number of halogens is 2. The topological polar surface area (TPSA) is 90.0 Å². The van der Waals surface area contributed by atoms with Crippen LogP contribution in [0.2, 0.25) is 5.02 Å². The Hall–Kier alpha value is -2.26. The number of hydrogen-bond acceptors (Lipinski definition) is 7. The van der Waals surface area contributed by atoms with Crippen LogP contribution >= 0.6 is 22.9 Å². The van der Waals surface area contributed by atoms with Crippen LogP contribution in [0.4, 0.5) is 10.1 Å². The van der Waals surface area contributed by atoms with E-state index < -0.39 is 34.6 Å². The fourth-order valence-electron chi connectivity index (χ4n) is 3.28. The lowest BCUT2D eigenvalue weighted by Crippen LogP contribution is -2.39. The van der Waals surface area contributed by atoms with Crippen molar-refractivity contribution < 1.29 is 33.0 Å². The van der Waals surface area contributed by atoms with E-state index in [1.807, 2.05) is 0 Å². The second-order valence-corrected chi connectivity index (χ2v) is 8.15. The van der Waals surface area contributed by atoms with Crippen molar-refractivity contribution in [2.45, 2.75) is 59.3 Å². The normalized spacial score (nSPS) is 13.7. The van der Waals surface area contributed by atoms with E-state index in [0.29, 0.717) is 35.5 Å². The predicted molar refractivity (Wildman–Crippen MR) is 115 cm³/mol. The highest BCUT2D eigenvalue weighted by atomic mass is 35.5. The smallest absolute Gasteiger partial charge is 0.334 e. The van der Waals surface area contributed by atoms with Gasteiger partial charge in [0.2, 0.25) is 11.0 Å². The minimum Gasteiger partial charge on any atom is -0.466 e. The number of esters is 2. The van der Waals surface area contributed by atoms with Crippen molar-refractivity contribution in [2.75, 3.05) is 18.1 Å². The van der Waals surface area contributed by atoms with Crippen LogP contribution in [-0.2, 0) is 35.1 Å². The maximum atomic E-state index is 14.9. The van der Waals surface area contributed by atoms with Crippen LogP contribution in [-0.4, -0.2) is 37.0 Å². The fraction of sp³-hybridized carbons (Fsp3) is 0.524. The molecule has 0 N–H and O–H groups in total. The molecule has 1 aromatic heterocycles. The van der Waals surface area contributed by atoms with E-state index in [4.69, 9.17) is 21.1 Å². The van der Waals surface area contributed by atoms with E-state index in [0.717, 1.165) is 0 Å². The number of carbonyl (C=O) groups excluding carboxylic acids is 4. The van der Waals surface area contributed by atoms with Gasteiger partial charge in [0, 0.05) is 22.4 Å². The largest absolute Gasteiger partial charge is 0.466 e. The van der Waals surface area contributed by atoms with Crippen molar-refractivity contribution in [3.63, 3.8) is 0 Å². The van der Waals surface area contributed by atoms with E-state index in [2.05, 4.69) is 0 Å². The van der Waals surface area contributed by atoms with Gasteiger partial charge in [-0.15, -0.1) is 11.3 Å². The minimum absolute atomic E-state index is 0.0907.